The molecule has 0 aliphatic heterocycles. The largest absolute Gasteiger partial charge is 0.227 e. The van der Waals surface area contributed by atoms with Crippen molar-refractivity contribution in [1.82, 2.24) is 4.98 Å². The van der Waals surface area contributed by atoms with Gasteiger partial charge in [0.15, 0.2) is 0 Å². The third-order valence-corrected chi connectivity index (χ3v) is 0.872. The van der Waals surface area contributed by atoms with Gasteiger partial charge in [0.25, 0.3) is 0 Å². The summed E-state index contributed by atoms with van der Waals surface area (Å²) in [6.07, 6.45) is 7.85. The Labute approximate surface area is 52.5 Å². The highest BCUT2D eigenvalue weighted by Crippen LogP contribution is 1.95. The molecule has 0 saturated carbocycles. The Hall–Kier alpha value is -1.36. The minimum Gasteiger partial charge on any atom is -0.227 e. The van der Waals surface area contributed by atoms with Crippen molar-refractivity contribution in [2.24, 2.45) is 0 Å². The zero-order chi connectivity index (χ0) is 6.69. The molecular weight excluding hydrogens is 117 g/mol. The Morgan fingerprint density at radius 2 is 2.33 bits per heavy atom. The van der Waals surface area contributed by atoms with Crippen molar-refractivity contribution in [1.29, 1.82) is 0 Å². The molecule has 0 fully saturated rings. The van der Waals surface area contributed by atoms with Gasteiger partial charge in [0.2, 0.25) is 5.95 Å². The lowest BCUT2D eigenvalue weighted by Crippen LogP contribution is -1.80. The van der Waals surface area contributed by atoms with Gasteiger partial charge in [-0.25, -0.2) is 4.98 Å². The zero-order valence-electron chi connectivity index (χ0n) is 4.56. The Kier molecular flexibility index (Phi) is 1.46. The number of aromatic nitrogens is 1. The first-order valence-electron chi connectivity index (χ1n) is 2.37. The molecule has 0 N–H and O–H groups in total. The maximum Gasteiger partial charge on any atom is 0.212 e. The lowest BCUT2D eigenvalue weighted by Gasteiger charge is -1.85. The van der Waals surface area contributed by atoms with E-state index in [0.717, 1.165) is 0 Å². The van der Waals surface area contributed by atoms with Crippen LogP contribution in [0.3, 0.4) is 0 Å². The van der Waals surface area contributed by atoms with Crippen molar-refractivity contribution in [2.45, 2.75) is 0 Å². The topological polar surface area (TPSA) is 12.9 Å². The van der Waals surface area contributed by atoms with Crippen LogP contribution in [0.15, 0.2) is 18.3 Å². The van der Waals surface area contributed by atoms with Gasteiger partial charge < -0.3 is 0 Å². The normalized spacial score (nSPS) is 8.44. The lowest BCUT2D eigenvalue weighted by molar-refractivity contribution is 0.583. The molecule has 9 heavy (non-hydrogen) atoms. The minimum atomic E-state index is -0.533. The molecule has 0 spiro atoms. The van der Waals surface area contributed by atoms with Crippen LogP contribution in [-0.2, 0) is 0 Å². The van der Waals surface area contributed by atoms with Crippen molar-refractivity contribution >= 4 is 0 Å². The van der Waals surface area contributed by atoms with Crippen LogP contribution in [0, 0.1) is 18.3 Å². The molecule has 1 heterocycles. The first-order valence-corrected chi connectivity index (χ1v) is 2.37. The van der Waals surface area contributed by atoms with Crippen LogP contribution in [0.5, 0.6) is 0 Å². The number of rotatable bonds is 0. The Bertz CT molecular complexity index is 232. The molecule has 1 aromatic heterocycles. The highest BCUT2D eigenvalue weighted by Gasteiger charge is 1.87. The van der Waals surface area contributed by atoms with Gasteiger partial charge in [0, 0.05) is 11.8 Å². The monoisotopic (exact) mass is 120 g/mol. The highest BCUT2D eigenvalue weighted by atomic mass is 19.1. The van der Waals surface area contributed by atoms with Crippen molar-refractivity contribution in [2.75, 3.05) is 0 Å². The number of halogens is 1. The van der Waals surface area contributed by atoms with Crippen molar-refractivity contribution in [3.8, 4) is 5.92 Å². The molecule has 1 radical (unpaired) electrons. The second kappa shape index (κ2) is 2.27. The fourth-order valence-corrected chi connectivity index (χ4v) is 0.450. The maximum absolute atomic E-state index is 12.0. The van der Waals surface area contributed by atoms with Crippen molar-refractivity contribution in [3.63, 3.8) is 0 Å². The van der Waals surface area contributed by atoms with Gasteiger partial charge in [-0.1, -0.05) is 5.92 Å². The van der Waals surface area contributed by atoms with Crippen LogP contribution in [0.25, 0.3) is 0 Å². The summed E-state index contributed by atoms with van der Waals surface area (Å²) in [4.78, 5) is 3.30. The molecule has 0 saturated heterocycles. The van der Waals surface area contributed by atoms with Gasteiger partial charge >= 0.3 is 0 Å². The van der Waals surface area contributed by atoms with Crippen LogP contribution in [0.2, 0.25) is 0 Å². The second-order valence-corrected chi connectivity index (χ2v) is 1.49. The molecule has 0 aromatic carbocycles. The van der Waals surface area contributed by atoms with Gasteiger partial charge in [-0.15, -0.1) is 0 Å². The van der Waals surface area contributed by atoms with E-state index in [1.807, 2.05) is 0 Å². The average molecular weight is 120 g/mol. The van der Waals surface area contributed by atoms with Crippen molar-refractivity contribution < 1.29 is 4.39 Å². The van der Waals surface area contributed by atoms with Gasteiger partial charge in [-0.3, -0.25) is 0 Å². The predicted octanol–water partition coefficient (Wildman–Crippen LogP) is 1.16. The number of hydrogen-bond acceptors (Lipinski definition) is 1. The molecule has 2 heteroatoms. The number of hydrogen-bond donors (Lipinski definition) is 0. The van der Waals surface area contributed by atoms with Crippen LogP contribution in [-0.4, -0.2) is 4.98 Å². The highest BCUT2D eigenvalue weighted by molar-refractivity contribution is 5.25. The molecule has 0 aliphatic rings. The van der Waals surface area contributed by atoms with Gasteiger partial charge in [0.05, 0.1) is 0 Å². The first kappa shape index (κ1) is 5.77. The van der Waals surface area contributed by atoms with Crippen LogP contribution >= 0.6 is 0 Å². The summed E-state index contributed by atoms with van der Waals surface area (Å²) >= 11 is 0. The number of nitrogens with zero attached hydrogens (tertiary/aromatic N) is 1. The molecule has 0 unspecified atom stereocenters. The van der Waals surface area contributed by atoms with E-state index < -0.39 is 5.95 Å². The van der Waals surface area contributed by atoms with E-state index in [1.165, 1.54) is 18.3 Å². The summed E-state index contributed by atoms with van der Waals surface area (Å²) in [6, 6.07) is 2.63. The smallest absolute Gasteiger partial charge is 0.212 e. The summed E-state index contributed by atoms with van der Waals surface area (Å²) < 4.78 is 12.0. The Morgan fingerprint density at radius 1 is 1.56 bits per heavy atom. The fourth-order valence-electron chi connectivity index (χ4n) is 0.450. The molecule has 0 aliphatic carbocycles. The van der Waals surface area contributed by atoms with E-state index in [-0.39, 0.29) is 0 Å². The zero-order valence-corrected chi connectivity index (χ0v) is 4.56. The standard InChI is InChI=1S/C7H3FN/c1-2-6-3-4-7(8)9-5-6/h3-5H. The molecule has 0 bridgehead atoms. The molecule has 1 aromatic rings. The first-order chi connectivity index (χ1) is 4.33. The van der Waals surface area contributed by atoms with E-state index in [9.17, 15) is 4.39 Å². The maximum atomic E-state index is 12.0. The summed E-state index contributed by atoms with van der Waals surface area (Å²) in [6.45, 7) is 0. The molecule has 43 valence electrons. The van der Waals surface area contributed by atoms with Crippen molar-refractivity contribution in [3.05, 3.63) is 36.3 Å². The minimum absolute atomic E-state index is 0.483. The summed E-state index contributed by atoms with van der Waals surface area (Å²) in [7, 11) is 0. The summed E-state index contributed by atoms with van der Waals surface area (Å²) in [5.41, 5.74) is 0.483. The van der Waals surface area contributed by atoms with E-state index in [4.69, 9.17) is 6.42 Å². The van der Waals surface area contributed by atoms with Gasteiger partial charge in [-0.2, -0.15) is 4.39 Å². The Balaban J connectivity index is 3.06. The predicted molar refractivity (Wildman–Crippen MR) is 30.4 cm³/mol. The van der Waals surface area contributed by atoms with E-state index >= 15 is 0 Å². The molecule has 0 amide bonds. The van der Waals surface area contributed by atoms with E-state index in [1.54, 1.807) is 0 Å². The summed E-state index contributed by atoms with van der Waals surface area (Å²) in [5.74, 6) is 1.54. The SMILES string of the molecule is [C]#Cc1ccc(F)nc1. The van der Waals surface area contributed by atoms with E-state index in [0.29, 0.717) is 5.56 Å². The second-order valence-electron chi connectivity index (χ2n) is 1.49. The third-order valence-electron chi connectivity index (χ3n) is 0.872. The average Bonchev–Trinajstić information content (AvgIpc) is 1.90. The van der Waals surface area contributed by atoms with Crippen LogP contribution in [0.4, 0.5) is 4.39 Å². The van der Waals surface area contributed by atoms with Gasteiger partial charge in [-0.05, 0) is 18.6 Å². The van der Waals surface area contributed by atoms with E-state index in [2.05, 4.69) is 10.9 Å². The number of pyridine rings is 1. The Morgan fingerprint density at radius 3 is 2.78 bits per heavy atom. The molecule has 0 atom stereocenters. The fraction of sp³-hybridized carbons (Fsp3) is 0. The molecular formula is C7H3FN. The quantitative estimate of drug-likeness (QED) is 0.370. The summed E-state index contributed by atoms with van der Waals surface area (Å²) in [5, 5.41) is 0. The molecule has 1 nitrogen and oxygen atoms in total. The third kappa shape index (κ3) is 1.26. The molecule has 1 rings (SSSR count). The van der Waals surface area contributed by atoms with Gasteiger partial charge in [0.1, 0.15) is 0 Å². The van der Waals surface area contributed by atoms with Crippen LogP contribution < -0.4 is 0 Å². The van der Waals surface area contributed by atoms with Crippen LogP contribution in [0.1, 0.15) is 5.56 Å². The lowest BCUT2D eigenvalue weighted by atomic mass is 10.3.